The van der Waals surface area contributed by atoms with Crippen molar-refractivity contribution < 1.29 is 23.9 Å². The second kappa shape index (κ2) is 6.98. The molecule has 7 nitrogen and oxygen atoms in total. The van der Waals surface area contributed by atoms with E-state index >= 15 is 0 Å². The molecule has 2 aliphatic rings. The molecule has 0 aromatic carbocycles. The summed E-state index contributed by atoms with van der Waals surface area (Å²) in [5.74, 6) is -0.0853. The van der Waals surface area contributed by atoms with Crippen molar-refractivity contribution in [3.05, 3.63) is 0 Å². The maximum absolute atomic E-state index is 12.7. The molecule has 0 bridgehead atoms. The largest absolute Gasteiger partial charge is 0.464 e. The summed E-state index contributed by atoms with van der Waals surface area (Å²) >= 11 is 1.58. The summed E-state index contributed by atoms with van der Waals surface area (Å²) in [6, 6.07) is -1.22. The van der Waals surface area contributed by atoms with E-state index in [1.54, 1.807) is 44.4 Å². The Morgan fingerprint density at radius 3 is 2.65 bits per heavy atom. The number of piperidine rings is 1. The molecule has 0 aromatic heterocycles. The second-order valence-corrected chi connectivity index (χ2v) is 7.79. The third-order valence-electron chi connectivity index (χ3n) is 3.60. The summed E-state index contributed by atoms with van der Waals surface area (Å²) in [6.45, 7) is 7.31. The van der Waals surface area contributed by atoms with E-state index in [0.717, 1.165) is 6.42 Å². The van der Waals surface area contributed by atoms with Crippen LogP contribution in [-0.4, -0.2) is 58.3 Å². The summed E-state index contributed by atoms with van der Waals surface area (Å²) in [5, 5.41) is 2.60. The van der Waals surface area contributed by atoms with E-state index in [1.807, 2.05) is 0 Å². The van der Waals surface area contributed by atoms with Crippen LogP contribution >= 0.6 is 11.8 Å². The van der Waals surface area contributed by atoms with Crippen molar-refractivity contribution in [3.63, 3.8) is 0 Å². The Balaban J connectivity index is 2.02. The Bertz CT molecular complexity index is 491. The van der Waals surface area contributed by atoms with Gasteiger partial charge in [0, 0.05) is 5.75 Å². The monoisotopic (exact) mass is 344 g/mol. The van der Waals surface area contributed by atoms with Gasteiger partial charge in [0.2, 0.25) is 5.91 Å². The van der Waals surface area contributed by atoms with E-state index in [-0.39, 0.29) is 23.9 Å². The first-order valence-electron chi connectivity index (χ1n) is 7.83. The number of carbonyl (C=O) groups is 3. The van der Waals surface area contributed by atoms with Gasteiger partial charge in [-0.1, -0.05) is 0 Å². The number of amides is 2. The predicted octanol–water partition coefficient (Wildman–Crippen LogP) is 1.51. The lowest BCUT2D eigenvalue weighted by Crippen LogP contribution is -2.58. The third kappa shape index (κ3) is 4.31. The topological polar surface area (TPSA) is 84.9 Å². The molecule has 2 fully saturated rings. The highest BCUT2D eigenvalue weighted by Gasteiger charge is 2.47. The molecule has 0 unspecified atom stereocenters. The Kier molecular flexibility index (Phi) is 5.44. The standard InChI is InChI=1S/C15H24N2O5S/c1-5-21-13(19)10-8-23-11-7-6-9(12(18)17(10)11)16-14(20)22-15(2,3)4/h9-11H,5-8H2,1-4H3,(H,16,20)/t9-,10+,11+/m1/s1. The summed E-state index contributed by atoms with van der Waals surface area (Å²) in [7, 11) is 0. The molecule has 2 amide bonds. The van der Waals surface area contributed by atoms with Crippen LogP contribution in [0.2, 0.25) is 0 Å². The molecular formula is C15H24N2O5S. The number of carbonyl (C=O) groups excluding carboxylic acids is 3. The minimum atomic E-state index is -0.656. The van der Waals surface area contributed by atoms with Gasteiger partial charge in [0.15, 0.2) is 0 Å². The molecule has 2 heterocycles. The number of rotatable bonds is 3. The van der Waals surface area contributed by atoms with E-state index in [2.05, 4.69) is 5.32 Å². The zero-order valence-corrected chi connectivity index (χ0v) is 14.8. The van der Waals surface area contributed by atoms with Crippen molar-refractivity contribution in [2.24, 2.45) is 0 Å². The number of esters is 1. The van der Waals surface area contributed by atoms with Gasteiger partial charge in [-0.15, -0.1) is 11.8 Å². The van der Waals surface area contributed by atoms with Gasteiger partial charge in [0.25, 0.3) is 0 Å². The summed E-state index contributed by atoms with van der Waals surface area (Å²) < 4.78 is 10.2. The van der Waals surface area contributed by atoms with Crippen molar-refractivity contribution in [2.75, 3.05) is 12.4 Å². The molecule has 8 heteroatoms. The molecule has 0 radical (unpaired) electrons. The van der Waals surface area contributed by atoms with Crippen molar-refractivity contribution in [1.29, 1.82) is 0 Å². The van der Waals surface area contributed by atoms with Crippen molar-refractivity contribution in [1.82, 2.24) is 10.2 Å². The lowest BCUT2D eigenvalue weighted by atomic mass is 10.0. The number of hydrogen-bond acceptors (Lipinski definition) is 6. The zero-order valence-electron chi connectivity index (χ0n) is 14.0. The van der Waals surface area contributed by atoms with E-state index in [1.165, 1.54) is 0 Å². The number of nitrogens with zero attached hydrogens (tertiary/aromatic N) is 1. The maximum Gasteiger partial charge on any atom is 0.408 e. The Hall–Kier alpha value is -1.44. The number of nitrogens with one attached hydrogen (secondary N) is 1. The fourth-order valence-corrected chi connectivity index (χ4v) is 4.11. The molecule has 0 aliphatic carbocycles. The van der Waals surface area contributed by atoms with Crippen LogP contribution in [0.3, 0.4) is 0 Å². The van der Waals surface area contributed by atoms with Crippen LogP contribution in [-0.2, 0) is 19.1 Å². The Labute approximate surface area is 140 Å². The van der Waals surface area contributed by atoms with Gasteiger partial charge in [0.1, 0.15) is 17.7 Å². The fraction of sp³-hybridized carbons (Fsp3) is 0.800. The predicted molar refractivity (Wildman–Crippen MR) is 85.9 cm³/mol. The van der Waals surface area contributed by atoms with Gasteiger partial charge in [0.05, 0.1) is 12.0 Å². The molecule has 3 atom stereocenters. The third-order valence-corrected chi connectivity index (χ3v) is 4.95. The molecule has 0 spiro atoms. The van der Waals surface area contributed by atoms with Crippen LogP contribution in [0.15, 0.2) is 0 Å². The Morgan fingerprint density at radius 1 is 1.35 bits per heavy atom. The summed E-state index contributed by atoms with van der Waals surface area (Å²) in [5.41, 5.74) is -0.624. The van der Waals surface area contributed by atoms with E-state index in [0.29, 0.717) is 12.2 Å². The number of hydrogen-bond donors (Lipinski definition) is 1. The number of ether oxygens (including phenoxy) is 2. The lowest BCUT2D eigenvalue weighted by Gasteiger charge is -2.36. The highest BCUT2D eigenvalue weighted by molar-refractivity contribution is 8.00. The van der Waals surface area contributed by atoms with Gasteiger partial charge in [-0.2, -0.15) is 0 Å². The minimum absolute atomic E-state index is 0.0198. The highest BCUT2D eigenvalue weighted by Crippen LogP contribution is 2.37. The van der Waals surface area contributed by atoms with E-state index in [9.17, 15) is 14.4 Å². The average Bonchev–Trinajstić information content (AvgIpc) is 2.85. The smallest absolute Gasteiger partial charge is 0.408 e. The summed E-state index contributed by atoms with van der Waals surface area (Å²) in [6.07, 6.45) is 0.656. The molecule has 2 aliphatic heterocycles. The molecule has 23 heavy (non-hydrogen) atoms. The maximum atomic E-state index is 12.7. The molecule has 1 N–H and O–H groups in total. The van der Waals surface area contributed by atoms with Crippen LogP contribution < -0.4 is 5.32 Å². The van der Waals surface area contributed by atoms with Crippen LogP contribution in [0.4, 0.5) is 4.79 Å². The van der Waals surface area contributed by atoms with Crippen LogP contribution in [0, 0.1) is 0 Å². The molecule has 2 saturated heterocycles. The van der Waals surface area contributed by atoms with Gasteiger partial charge >= 0.3 is 12.1 Å². The van der Waals surface area contributed by atoms with Crippen LogP contribution in [0.5, 0.6) is 0 Å². The van der Waals surface area contributed by atoms with Crippen molar-refractivity contribution in [2.45, 2.75) is 63.6 Å². The van der Waals surface area contributed by atoms with Gasteiger partial charge in [-0.05, 0) is 40.5 Å². The first kappa shape index (κ1) is 17.9. The normalized spacial score (nSPS) is 27.4. The molecule has 130 valence electrons. The summed E-state index contributed by atoms with van der Waals surface area (Å²) in [4.78, 5) is 38.1. The number of fused-ring (bicyclic) bond motifs is 1. The molecule has 0 saturated carbocycles. The quantitative estimate of drug-likeness (QED) is 0.781. The molecule has 2 rings (SSSR count). The number of alkyl carbamates (subject to hydrolysis) is 1. The molecular weight excluding hydrogens is 320 g/mol. The van der Waals surface area contributed by atoms with Gasteiger partial charge < -0.3 is 19.7 Å². The highest BCUT2D eigenvalue weighted by atomic mass is 32.2. The van der Waals surface area contributed by atoms with Gasteiger partial charge in [-0.25, -0.2) is 9.59 Å². The van der Waals surface area contributed by atoms with Crippen LogP contribution in [0.25, 0.3) is 0 Å². The van der Waals surface area contributed by atoms with Crippen LogP contribution in [0.1, 0.15) is 40.5 Å². The van der Waals surface area contributed by atoms with E-state index in [4.69, 9.17) is 9.47 Å². The number of thioether (sulfide) groups is 1. The first-order chi connectivity index (χ1) is 10.7. The fourth-order valence-electron chi connectivity index (χ4n) is 2.70. The lowest BCUT2D eigenvalue weighted by molar-refractivity contribution is -0.155. The molecule has 0 aromatic rings. The van der Waals surface area contributed by atoms with E-state index < -0.39 is 23.8 Å². The zero-order chi connectivity index (χ0) is 17.2. The van der Waals surface area contributed by atoms with Gasteiger partial charge in [-0.3, -0.25) is 4.79 Å². The average molecular weight is 344 g/mol. The van der Waals surface area contributed by atoms with Crippen molar-refractivity contribution >= 4 is 29.7 Å². The Morgan fingerprint density at radius 2 is 2.04 bits per heavy atom. The SMILES string of the molecule is CCOC(=O)[C@@H]1CS[C@H]2CC[C@@H](NC(=O)OC(C)(C)C)C(=O)N21. The van der Waals surface area contributed by atoms with Crippen molar-refractivity contribution in [3.8, 4) is 0 Å². The minimum Gasteiger partial charge on any atom is -0.464 e. The first-order valence-corrected chi connectivity index (χ1v) is 8.87. The second-order valence-electron chi connectivity index (χ2n) is 6.58.